The Morgan fingerprint density at radius 1 is 1.43 bits per heavy atom. The highest BCUT2D eigenvalue weighted by atomic mass is 35.5. The molecule has 1 aromatic rings. The first-order valence-electron chi connectivity index (χ1n) is 3.57. The molecule has 0 aliphatic carbocycles. The molecule has 0 unspecified atom stereocenters. The first-order valence-corrected chi connectivity index (χ1v) is 6.14. The predicted molar refractivity (Wildman–Crippen MR) is 55.2 cm³/mol. The average Bonchev–Trinajstić information content (AvgIpc) is 2.02. The Kier molecular flexibility index (Phi) is 3.91. The van der Waals surface area contributed by atoms with Gasteiger partial charge < -0.3 is 0 Å². The maximum absolute atomic E-state index is 11.2. The van der Waals surface area contributed by atoms with Crippen molar-refractivity contribution in [2.45, 2.75) is 0 Å². The van der Waals surface area contributed by atoms with Gasteiger partial charge in [0.25, 0.3) is 0 Å². The molecule has 0 amide bonds. The van der Waals surface area contributed by atoms with Crippen molar-refractivity contribution in [1.82, 2.24) is 9.97 Å². The summed E-state index contributed by atoms with van der Waals surface area (Å²) in [4.78, 5) is 7.29. The fourth-order valence-corrected chi connectivity index (χ4v) is 2.19. The summed E-state index contributed by atoms with van der Waals surface area (Å²) in [6.07, 6.45) is 1.17. The van der Waals surface area contributed by atoms with Crippen molar-refractivity contribution in [1.29, 1.82) is 0 Å². The lowest BCUT2D eigenvalue weighted by Gasteiger charge is -2.04. The summed E-state index contributed by atoms with van der Waals surface area (Å²) in [6.45, 7) is 0. The topological polar surface area (TPSA) is 72.0 Å². The second-order valence-corrected chi connectivity index (χ2v) is 4.94. The van der Waals surface area contributed by atoms with E-state index in [0.717, 1.165) is 0 Å². The summed E-state index contributed by atoms with van der Waals surface area (Å²) in [7, 11) is -3.43. The number of sulfonamides is 1. The molecular formula is C6H7Cl2N3O2S. The van der Waals surface area contributed by atoms with E-state index in [2.05, 4.69) is 14.7 Å². The molecule has 1 N–H and O–H groups in total. The van der Waals surface area contributed by atoms with Crippen LogP contribution >= 0.6 is 23.2 Å². The number of hydrogen-bond acceptors (Lipinski definition) is 4. The molecule has 0 saturated carbocycles. The number of hydrogen-bond donors (Lipinski definition) is 1. The molecule has 14 heavy (non-hydrogen) atoms. The van der Waals surface area contributed by atoms with Gasteiger partial charge in [0.15, 0.2) is 0 Å². The second-order valence-electron chi connectivity index (χ2n) is 2.34. The highest BCUT2D eigenvalue weighted by Crippen LogP contribution is 2.10. The standard InChI is InChI=1S/C6H7Cl2N3O2S/c7-1-2-14(12,13)11-6-3-5(8)9-4-10-6/h3-4H,1-2H2,(H,9,10,11). The van der Waals surface area contributed by atoms with Crippen LogP contribution < -0.4 is 4.72 Å². The van der Waals surface area contributed by atoms with Crippen LogP contribution in [0.15, 0.2) is 12.4 Å². The Balaban J connectivity index is 2.79. The zero-order valence-corrected chi connectivity index (χ0v) is 9.27. The van der Waals surface area contributed by atoms with Crippen LogP contribution in [0.2, 0.25) is 5.15 Å². The lowest BCUT2D eigenvalue weighted by Crippen LogP contribution is -2.18. The Bertz CT molecular complexity index is 409. The van der Waals surface area contributed by atoms with Gasteiger partial charge in [-0.3, -0.25) is 4.72 Å². The molecule has 0 atom stereocenters. The molecule has 0 aliphatic rings. The summed E-state index contributed by atoms with van der Waals surface area (Å²) in [5.41, 5.74) is 0. The smallest absolute Gasteiger partial charge is 0.235 e. The minimum Gasteiger partial charge on any atom is -0.267 e. The van der Waals surface area contributed by atoms with Crippen molar-refractivity contribution in [3.05, 3.63) is 17.5 Å². The molecule has 0 aliphatic heterocycles. The van der Waals surface area contributed by atoms with E-state index in [4.69, 9.17) is 23.2 Å². The predicted octanol–water partition coefficient (Wildman–Crippen LogP) is 1.11. The van der Waals surface area contributed by atoms with E-state index in [1.165, 1.54) is 12.4 Å². The lowest BCUT2D eigenvalue weighted by molar-refractivity contribution is 0.602. The van der Waals surface area contributed by atoms with Crippen molar-refractivity contribution in [2.24, 2.45) is 0 Å². The van der Waals surface area contributed by atoms with Crippen molar-refractivity contribution in [2.75, 3.05) is 16.4 Å². The molecule has 1 aromatic heterocycles. The quantitative estimate of drug-likeness (QED) is 0.647. The van der Waals surface area contributed by atoms with Crippen LogP contribution in [0.3, 0.4) is 0 Å². The molecular weight excluding hydrogens is 249 g/mol. The van der Waals surface area contributed by atoms with Gasteiger partial charge in [-0.1, -0.05) is 11.6 Å². The number of alkyl halides is 1. The van der Waals surface area contributed by atoms with Crippen molar-refractivity contribution < 1.29 is 8.42 Å². The number of rotatable bonds is 4. The highest BCUT2D eigenvalue weighted by molar-refractivity contribution is 7.92. The van der Waals surface area contributed by atoms with Crippen LogP contribution in [0.4, 0.5) is 5.82 Å². The van der Waals surface area contributed by atoms with Gasteiger partial charge in [0.05, 0.1) is 5.75 Å². The molecule has 8 heteroatoms. The molecule has 1 rings (SSSR count). The van der Waals surface area contributed by atoms with Gasteiger partial charge in [-0.15, -0.1) is 11.6 Å². The van der Waals surface area contributed by atoms with E-state index in [0.29, 0.717) is 0 Å². The average molecular weight is 256 g/mol. The Morgan fingerprint density at radius 3 is 2.71 bits per heavy atom. The Hall–Kier alpha value is -0.590. The van der Waals surface area contributed by atoms with Gasteiger partial charge in [0.2, 0.25) is 10.0 Å². The van der Waals surface area contributed by atoms with Crippen LogP contribution in [0, 0.1) is 0 Å². The van der Waals surface area contributed by atoms with Gasteiger partial charge in [0, 0.05) is 11.9 Å². The van der Waals surface area contributed by atoms with Crippen molar-refractivity contribution in [3.8, 4) is 0 Å². The molecule has 0 radical (unpaired) electrons. The van der Waals surface area contributed by atoms with Gasteiger partial charge >= 0.3 is 0 Å². The maximum Gasteiger partial charge on any atom is 0.235 e. The number of halogens is 2. The van der Waals surface area contributed by atoms with E-state index >= 15 is 0 Å². The van der Waals surface area contributed by atoms with Crippen LogP contribution in [-0.4, -0.2) is 30.0 Å². The summed E-state index contributed by atoms with van der Waals surface area (Å²) in [5.74, 6) is -0.0141. The van der Waals surface area contributed by atoms with E-state index in [9.17, 15) is 8.42 Å². The van der Waals surface area contributed by atoms with E-state index < -0.39 is 10.0 Å². The Labute approximate surface area is 91.5 Å². The van der Waals surface area contributed by atoms with Crippen LogP contribution in [0.1, 0.15) is 0 Å². The summed E-state index contributed by atoms with van der Waals surface area (Å²) in [5, 5.41) is 0.170. The third-order valence-corrected chi connectivity index (χ3v) is 3.12. The second kappa shape index (κ2) is 4.77. The number of nitrogens with zero attached hydrogens (tertiary/aromatic N) is 2. The normalized spacial score (nSPS) is 11.3. The minimum atomic E-state index is -3.43. The molecule has 78 valence electrons. The van der Waals surface area contributed by atoms with Gasteiger partial charge in [0.1, 0.15) is 17.3 Å². The SMILES string of the molecule is O=S(=O)(CCCl)Nc1cc(Cl)ncn1. The maximum atomic E-state index is 11.2. The molecule has 1 heterocycles. The van der Waals surface area contributed by atoms with Gasteiger partial charge in [-0.05, 0) is 0 Å². The first-order chi connectivity index (χ1) is 6.53. The minimum absolute atomic E-state index is 0.0220. The van der Waals surface area contributed by atoms with E-state index in [1.807, 2.05) is 0 Å². The van der Waals surface area contributed by atoms with E-state index in [1.54, 1.807) is 0 Å². The first kappa shape index (κ1) is 11.5. The summed E-state index contributed by atoms with van der Waals surface area (Å²) >= 11 is 10.8. The van der Waals surface area contributed by atoms with Gasteiger partial charge in [-0.2, -0.15) is 0 Å². The fourth-order valence-electron chi connectivity index (χ4n) is 0.701. The summed E-state index contributed by atoms with van der Waals surface area (Å²) < 4.78 is 24.6. The number of aromatic nitrogens is 2. The van der Waals surface area contributed by atoms with Crippen LogP contribution in [0.25, 0.3) is 0 Å². The third kappa shape index (κ3) is 3.65. The van der Waals surface area contributed by atoms with Crippen LogP contribution in [-0.2, 0) is 10.0 Å². The highest BCUT2D eigenvalue weighted by Gasteiger charge is 2.10. The largest absolute Gasteiger partial charge is 0.267 e. The summed E-state index contributed by atoms with van der Waals surface area (Å²) in [6, 6.07) is 1.31. The van der Waals surface area contributed by atoms with Crippen molar-refractivity contribution >= 4 is 39.0 Å². The zero-order chi connectivity index (χ0) is 10.6. The van der Waals surface area contributed by atoms with E-state index in [-0.39, 0.29) is 22.6 Å². The van der Waals surface area contributed by atoms with Crippen LogP contribution in [0.5, 0.6) is 0 Å². The number of nitrogens with one attached hydrogen (secondary N) is 1. The fraction of sp³-hybridized carbons (Fsp3) is 0.333. The van der Waals surface area contributed by atoms with Gasteiger partial charge in [-0.25, -0.2) is 18.4 Å². The molecule has 5 nitrogen and oxygen atoms in total. The molecule has 0 bridgehead atoms. The molecule has 0 fully saturated rings. The zero-order valence-electron chi connectivity index (χ0n) is 6.94. The monoisotopic (exact) mass is 255 g/mol. The molecule has 0 aromatic carbocycles. The van der Waals surface area contributed by atoms with Crippen molar-refractivity contribution in [3.63, 3.8) is 0 Å². The third-order valence-electron chi connectivity index (χ3n) is 1.24. The molecule has 0 spiro atoms. The lowest BCUT2D eigenvalue weighted by atomic mass is 10.6. The Morgan fingerprint density at radius 2 is 2.14 bits per heavy atom. The molecule has 0 saturated heterocycles. The number of anilines is 1.